The van der Waals surface area contributed by atoms with E-state index in [4.69, 9.17) is 4.74 Å². The lowest BCUT2D eigenvalue weighted by Gasteiger charge is -2.35. The molecule has 0 amide bonds. The van der Waals surface area contributed by atoms with Gasteiger partial charge >= 0.3 is 0 Å². The van der Waals surface area contributed by atoms with Crippen molar-refractivity contribution in [3.8, 4) is 39.1 Å². The lowest BCUT2D eigenvalue weighted by molar-refractivity contribution is 0.306. The molecule has 0 N–H and O–H groups in total. The summed E-state index contributed by atoms with van der Waals surface area (Å²) < 4.78 is 6.55. The van der Waals surface area contributed by atoms with Crippen LogP contribution in [0.2, 0.25) is 0 Å². The standard InChI is InChI=1S/C66H61NO/c1-45(2)39-63(46(3)4)54-23-21-49(22-24-54)44-68-60-36-29-55(30-37-60)66(56-41-47(5)40-48(6)42-56)64-20-14-13-19-61(64)62-38-35-59(43-65(62)66)67(57-31-25-52(26-32-57)50-15-9-7-10-16-50)58-33-27-53(28-34-58)51-17-11-8-12-18-51/h7-38,40-43,45-46,63H,39,44H2,1-6H3. The molecule has 0 bridgehead atoms. The molecular weight excluding hydrogens is 823 g/mol. The van der Waals surface area contributed by atoms with Gasteiger partial charge in [0.1, 0.15) is 12.4 Å². The molecule has 336 valence electrons. The Morgan fingerprint density at radius 1 is 0.441 bits per heavy atom. The highest BCUT2D eigenvalue weighted by molar-refractivity contribution is 5.90. The van der Waals surface area contributed by atoms with Gasteiger partial charge in [0, 0.05) is 17.1 Å². The molecule has 0 spiro atoms. The molecule has 2 nitrogen and oxygen atoms in total. The van der Waals surface area contributed by atoms with Crippen LogP contribution in [0.1, 0.15) is 84.5 Å². The van der Waals surface area contributed by atoms with Crippen LogP contribution in [0, 0.1) is 25.7 Å². The normalized spacial score (nSPS) is 14.4. The van der Waals surface area contributed by atoms with Crippen LogP contribution in [0.3, 0.4) is 0 Å². The van der Waals surface area contributed by atoms with Crippen molar-refractivity contribution in [3.05, 3.63) is 263 Å². The summed E-state index contributed by atoms with van der Waals surface area (Å²) in [5, 5.41) is 0. The zero-order valence-corrected chi connectivity index (χ0v) is 40.3. The van der Waals surface area contributed by atoms with E-state index in [1.807, 2.05) is 0 Å². The van der Waals surface area contributed by atoms with Crippen LogP contribution in [0.5, 0.6) is 5.75 Å². The average molecular weight is 884 g/mol. The minimum atomic E-state index is -0.601. The monoisotopic (exact) mass is 883 g/mol. The molecule has 2 heteroatoms. The minimum absolute atomic E-state index is 0.516. The number of hydrogen-bond acceptors (Lipinski definition) is 2. The predicted molar refractivity (Wildman–Crippen MR) is 287 cm³/mol. The second-order valence-electron chi connectivity index (χ2n) is 19.6. The highest BCUT2D eigenvalue weighted by atomic mass is 16.5. The molecule has 2 atom stereocenters. The van der Waals surface area contributed by atoms with Gasteiger partial charge in [0.25, 0.3) is 0 Å². The van der Waals surface area contributed by atoms with Gasteiger partial charge < -0.3 is 9.64 Å². The Morgan fingerprint density at radius 2 is 0.956 bits per heavy atom. The number of rotatable bonds is 14. The molecule has 9 aromatic carbocycles. The lowest BCUT2D eigenvalue weighted by Crippen LogP contribution is -2.29. The first-order valence-electron chi connectivity index (χ1n) is 24.4. The van der Waals surface area contributed by atoms with Crippen molar-refractivity contribution in [2.45, 2.75) is 65.9 Å². The molecule has 0 radical (unpaired) electrons. The molecule has 2 unspecified atom stereocenters. The molecule has 0 aliphatic heterocycles. The third-order valence-electron chi connectivity index (χ3n) is 14.0. The zero-order valence-electron chi connectivity index (χ0n) is 40.3. The van der Waals surface area contributed by atoms with Gasteiger partial charge in [-0.25, -0.2) is 0 Å². The number of nitrogens with zero attached hydrogens (tertiary/aromatic N) is 1. The molecule has 1 aliphatic rings. The maximum atomic E-state index is 6.55. The molecule has 0 saturated heterocycles. The zero-order chi connectivity index (χ0) is 46.8. The summed E-state index contributed by atoms with van der Waals surface area (Å²) in [7, 11) is 0. The lowest BCUT2D eigenvalue weighted by atomic mass is 9.67. The third kappa shape index (κ3) is 8.68. The minimum Gasteiger partial charge on any atom is -0.489 e. The van der Waals surface area contributed by atoms with E-state index < -0.39 is 5.41 Å². The SMILES string of the molecule is Cc1cc(C)cc(C2(c3ccc(OCc4ccc(C(CC(C)C)C(C)C)cc4)cc3)c3ccccc3-c3ccc(N(c4ccc(-c5ccccc5)cc4)c4ccc(-c5ccccc5)cc4)cc32)c1. The third-order valence-corrected chi connectivity index (χ3v) is 14.0. The van der Waals surface area contributed by atoms with Crippen LogP contribution < -0.4 is 9.64 Å². The summed E-state index contributed by atoms with van der Waals surface area (Å²) in [4.78, 5) is 2.41. The van der Waals surface area contributed by atoms with E-state index in [1.165, 1.54) is 84.3 Å². The van der Waals surface area contributed by atoms with Crippen LogP contribution in [0.15, 0.2) is 218 Å². The molecule has 9 aromatic rings. The smallest absolute Gasteiger partial charge is 0.119 e. The molecule has 10 rings (SSSR count). The summed E-state index contributed by atoms with van der Waals surface area (Å²) in [6.07, 6.45) is 1.20. The second kappa shape index (κ2) is 19.1. The topological polar surface area (TPSA) is 12.5 Å². The fourth-order valence-corrected chi connectivity index (χ4v) is 10.8. The Kier molecular flexibility index (Phi) is 12.4. The summed E-state index contributed by atoms with van der Waals surface area (Å²) in [5.74, 6) is 2.68. The van der Waals surface area contributed by atoms with Crippen molar-refractivity contribution in [3.63, 3.8) is 0 Å². The van der Waals surface area contributed by atoms with Gasteiger partial charge in [-0.3, -0.25) is 0 Å². The number of fused-ring (bicyclic) bond motifs is 3. The van der Waals surface area contributed by atoms with E-state index in [1.54, 1.807) is 0 Å². The highest BCUT2D eigenvalue weighted by Gasteiger charge is 2.46. The highest BCUT2D eigenvalue weighted by Crippen LogP contribution is 2.57. The van der Waals surface area contributed by atoms with Crippen LogP contribution in [-0.4, -0.2) is 0 Å². The van der Waals surface area contributed by atoms with Crippen LogP contribution in [0.25, 0.3) is 33.4 Å². The Hall–Kier alpha value is -7.42. The van der Waals surface area contributed by atoms with Gasteiger partial charge in [-0.05, 0) is 153 Å². The van der Waals surface area contributed by atoms with Gasteiger partial charge in [-0.15, -0.1) is 0 Å². The van der Waals surface area contributed by atoms with Gasteiger partial charge in [0.05, 0.1) is 5.41 Å². The molecule has 0 heterocycles. The fourth-order valence-electron chi connectivity index (χ4n) is 10.8. The predicted octanol–water partition coefficient (Wildman–Crippen LogP) is 17.8. The maximum Gasteiger partial charge on any atom is 0.119 e. The number of ether oxygens (including phenoxy) is 1. The molecule has 0 fully saturated rings. The van der Waals surface area contributed by atoms with Crippen molar-refractivity contribution in [1.82, 2.24) is 0 Å². The number of aryl methyl sites for hydroxylation is 2. The first-order chi connectivity index (χ1) is 33.1. The van der Waals surface area contributed by atoms with Crippen molar-refractivity contribution in [2.24, 2.45) is 11.8 Å². The fraction of sp³-hybridized carbons (Fsp3) is 0.182. The Morgan fingerprint density at radius 3 is 1.51 bits per heavy atom. The van der Waals surface area contributed by atoms with E-state index in [0.29, 0.717) is 24.4 Å². The Labute approximate surface area is 404 Å². The number of hydrogen-bond donors (Lipinski definition) is 0. The maximum absolute atomic E-state index is 6.55. The van der Waals surface area contributed by atoms with Crippen molar-refractivity contribution >= 4 is 17.1 Å². The molecule has 0 aromatic heterocycles. The first kappa shape index (κ1) is 44.4. The quantitative estimate of drug-likeness (QED) is 0.108. The second-order valence-corrected chi connectivity index (χ2v) is 19.6. The average Bonchev–Trinajstić information content (AvgIpc) is 3.66. The number of benzene rings is 9. The van der Waals surface area contributed by atoms with E-state index in [-0.39, 0.29) is 0 Å². The van der Waals surface area contributed by atoms with Crippen LogP contribution >= 0.6 is 0 Å². The van der Waals surface area contributed by atoms with Crippen molar-refractivity contribution in [2.75, 3.05) is 4.90 Å². The van der Waals surface area contributed by atoms with Gasteiger partial charge in [-0.2, -0.15) is 0 Å². The number of anilines is 3. The van der Waals surface area contributed by atoms with E-state index >= 15 is 0 Å². The molecular formula is C66H61NO. The Bertz CT molecular complexity index is 3030. The summed E-state index contributed by atoms with van der Waals surface area (Å²) >= 11 is 0. The van der Waals surface area contributed by atoms with Crippen LogP contribution in [-0.2, 0) is 12.0 Å². The Balaban J connectivity index is 1.07. The molecule has 0 saturated carbocycles. The summed E-state index contributed by atoms with van der Waals surface area (Å²) in [6.45, 7) is 14.3. The summed E-state index contributed by atoms with van der Waals surface area (Å²) in [6, 6.07) is 80.5. The van der Waals surface area contributed by atoms with Crippen LogP contribution in [0.4, 0.5) is 17.1 Å². The van der Waals surface area contributed by atoms with E-state index in [2.05, 4.69) is 265 Å². The molecule has 1 aliphatic carbocycles. The van der Waals surface area contributed by atoms with E-state index in [9.17, 15) is 0 Å². The first-order valence-corrected chi connectivity index (χ1v) is 24.4. The van der Waals surface area contributed by atoms with Gasteiger partial charge in [0.2, 0.25) is 0 Å². The van der Waals surface area contributed by atoms with E-state index in [0.717, 1.165) is 22.8 Å². The van der Waals surface area contributed by atoms with Gasteiger partial charge in [-0.1, -0.05) is 209 Å². The molecule has 68 heavy (non-hydrogen) atoms. The van der Waals surface area contributed by atoms with Crippen molar-refractivity contribution in [1.29, 1.82) is 0 Å². The summed E-state index contributed by atoms with van der Waals surface area (Å²) in [5.41, 5.74) is 20.1. The van der Waals surface area contributed by atoms with Gasteiger partial charge in [0.15, 0.2) is 0 Å². The largest absolute Gasteiger partial charge is 0.489 e. The van der Waals surface area contributed by atoms with Crippen molar-refractivity contribution < 1.29 is 4.74 Å².